The topological polar surface area (TPSA) is 28.1 Å². The molecule has 2 aliphatic heterocycles. The number of likely N-dealkylation sites (N-methyl/N-ethyl adjacent to an activating group) is 1. The third-order valence-electron chi connectivity index (χ3n) is 4.37. The minimum absolute atomic E-state index is 0.581. The van der Waals surface area contributed by atoms with Crippen LogP contribution in [0.2, 0.25) is 10.0 Å². The molecule has 0 aliphatic carbocycles. The number of piperazine rings is 1. The van der Waals surface area contributed by atoms with Gasteiger partial charge in [-0.1, -0.05) is 29.3 Å². The van der Waals surface area contributed by atoms with E-state index in [9.17, 15) is 0 Å². The van der Waals surface area contributed by atoms with Gasteiger partial charge in [-0.2, -0.15) is 0 Å². The van der Waals surface area contributed by atoms with Crippen molar-refractivity contribution < 1.29 is 4.74 Å². The number of halogens is 2. The molecule has 0 amide bonds. The molecular formula is C18H17Cl2N3O. The Labute approximate surface area is 151 Å². The standard InChI is InChI=1S/C18H17Cl2N3O/c1-22-7-9-23(10-8-22)18-13-3-2-4-14(20)17(13)24-16-6-5-12(19)11-15(16)21-18/h2-6,11H,7-10H2,1H3. The second-order valence-electron chi connectivity index (χ2n) is 6.06. The van der Waals surface area contributed by atoms with Gasteiger partial charge in [-0.15, -0.1) is 0 Å². The smallest absolute Gasteiger partial charge is 0.157 e. The second-order valence-corrected chi connectivity index (χ2v) is 6.90. The molecule has 2 aromatic carbocycles. The van der Waals surface area contributed by atoms with Gasteiger partial charge in [-0.25, -0.2) is 4.99 Å². The van der Waals surface area contributed by atoms with Gasteiger partial charge in [0.25, 0.3) is 0 Å². The summed E-state index contributed by atoms with van der Waals surface area (Å²) in [6, 6.07) is 11.2. The predicted octanol–water partition coefficient (Wildman–Crippen LogP) is 4.42. The predicted molar refractivity (Wildman–Crippen MR) is 98.2 cm³/mol. The summed E-state index contributed by atoms with van der Waals surface area (Å²) in [6.45, 7) is 3.82. The lowest BCUT2D eigenvalue weighted by Gasteiger charge is -2.34. The van der Waals surface area contributed by atoms with E-state index in [1.165, 1.54) is 0 Å². The van der Waals surface area contributed by atoms with E-state index in [1.54, 1.807) is 6.07 Å². The van der Waals surface area contributed by atoms with Gasteiger partial charge in [0.15, 0.2) is 11.5 Å². The Morgan fingerprint density at radius 1 is 1.04 bits per heavy atom. The summed E-state index contributed by atoms with van der Waals surface area (Å²) in [5.41, 5.74) is 1.64. The maximum atomic E-state index is 6.41. The largest absolute Gasteiger partial charge is 0.453 e. The van der Waals surface area contributed by atoms with Crippen LogP contribution < -0.4 is 4.74 Å². The van der Waals surface area contributed by atoms with Gasteiger partial charge in [-0.05, 0) is 37.4 Å². The molecule has 4 rings (SSSR count). The van der Waals surface area contributed by atoms with Gasteiger partial charge in [0.1, 0.15) is 11.5 Å². The van der Waals surface area contributed by atoms with E-state index in [-0.39, 0.29) is 0 Å². The van der Waals surface area contributed by atoms with Crippen LogP contribution in [-0.2, 0) is 0 Å². The van der Waals surface area contributed by atoms with Crippen molar-refractivity contribution in [1.29, 1.82) is 0 Å². The summed E-state index contributed by atoms with van der Waals surface area (Å²) in [7, 11) is 2.13. The highest BCUT2D eigenvalue weighted by molar-refractivity contribution is 6.33. The van der Waals surface area contributed by atoms with Crippen molar-refractivity contribution in [2.45, 2.75) is 0 Å². The molecule has 0 N–H and O–H groups in total. The van der Waals surface area contributed by atoms with Crippen LogP contribution in [0.25, 0.3) is 0 Å². The Hall–Kier alpha value is -1.75. The van der Waals surface area contributed by atoms with Crippen molar-refractivity contribution in [2.75, 3.05) is 33.2 Å². The summed E-state index contributed by atoms with van der Waals surface area (Å²) >= 11 is 12.6. The van der Waals surface area contributed by atoms with E-state index in [0.29, 0.717) is 21.5 Å². The molecule has 0 atom stereocenters. The highest BCUT2D eigenvalue weighted by Crippen LogP contribution is 2.42. The van der Waals surface area contributed by atoms with Crippen LogP contribution in [0.5, 0.6) is 11.5 Å². The van der Waals surface area contributed by atoms with Crippen molar-refractivity contribution in [1.82, 2.24) is 9.80 Å². The van der Waals surface area contributed by atoms with E-state index in [0.717, 1.165) is 43.3 Å². The molecule has 2 aromatic rings. The summed E-state index contributed by atoms with van der Waals surface area (Å²) in [5.74, 6) is 2.21. The molecule has 0 unspecified atom stereocenters. The quantitative estimate of drug-likeness (QED) is 0.694. The number of hydrogen-bond acceptors (Lipinski definition) is 4. The molecule has 0 aromatic heterocycles. The molecule has 6 heteroatoms. The first-order valence-electron chi connectivity index (χ1n) is 7.90. The van der Waals surface area contributed by atoms with Gasteiger partial charge >= 0.3 is 0 Å². The normalized spacial score (nSPS) is 17.5. The molecule has 0 radical (unpaired) electrons. The number of ether oxygens (including phenoxy) is 1. The number of benzene rings is 2. The lowest BCUT2D eigenvalue weighted by atomic mass is 10.1. The number of para-hydroxylation sites is 1. The number of hydrogen-bond donors (Lipinski definition) is 0. The van der Waals surface area contributed by atoms with Crippen LogP contribution in [0.4, 0.5) is 5.69 Å². The molecule has 2 heterocycles. The molecule has 4 nitrogen and oxygen atoms in total. The van der Waals surface area contributed by atoms with Gasteiger partial charge in [-0.3, -0.25) is 0 Å². The van der Waals surface area contributed by atoms with Crippen molar-refractivity contribution in [3.8, 4) is 11.5 Å². The minimum Gasteiger partial charge on any atom is -0.453 e. The molecule has 1 saturated heterocycles. The number of fused-ring (bicyclic) bond motifs is 2. The molecular weight excluding hydrogens is 345 g/mol. The van der Waals surface area contributed by atoms with Crippen molar-refractivity contribution in [3.05, 3.63) is 52.0 Å². The Morgan fingerprint density at radius 2 is 1.83 bits per heavy atom. The first kappa shape index (κ1) is 15.8. The first-order valence-corrected chi connectivity index (χ1v) is 8.66. The van der Waals surface area contributed by atoms with Crippen molar-refractivity contribution in [3.63, 3.8) is 0 Å². The third kappa shape index (κ3) is 2.86. The van der Waals surface area contributed by atoms with E-state index < -0.39 is 0 Å². The maximum absolute atomic E-state index is 6.41. The van der Waals surface area contributed by atoms with Crippen molar-refractivity contribution >= 4 is 34.7 Å². The minimum atomic E-state index is 0.581. The Bertz CT molecular complexity index is 814. The summed E-state index contributed by atoms with van der Waals surface area (Å²) in [5, 5.41) is 1.22. The molecule has 24 heavy (non-hydrogen) atoms. The monoisotopic (exact) mass is 361 g/mol. The third-order valence-corrected chi connectivity index (χ3v) is 4.90. The molecule has 0 saturated carbocycles. The maximum Gasteiger partial charge on any atom is 0.157 e. The van der Waals surface area contributed by atoms with Gasteiger partial charge < -0.3 is 14.5 Å². The zero-order chi connectivity index (χ0) is 16.7. The molecule has 0 spiro atoms. The van der Waals surface area contributed by atoms with Crippen LogP contribution in [0.1, 0.15) is 5.56 Å². The molecule has 0 bridgehead atoms. The van der Waals surface area contributed by atoms with Gasteiger partial charge in [0.05, 0.1) is 10.6 Å². The Balaban J connectivity index is 1.87. The highest BCUT2D eigenvalue weighted by atomic mass is 35.5. The van der Waals surface area contributed by atoms with Crippen LogP contribution in [0.3, 0.4) is 0 Å². The van der Waals surface area contributed by atoms with E-state index in [1.807, 2.05) is 30.3 Å². The highest BCUT2D eigenvalue weighted by Gasteiger charge is 2.26. The Kier molecular flexibility index (Phi) is 4.12. The molecule has 1 fully saturated rings. The lowest BCUT2D eigenvalue weighted by Crippen LogP contribution is -2.47. The first-order chi connectivity index (χ1) is 11.6. The van der Waals surface area contributed by atoms with E-state index in [2.05, 4.69) is 16.8 Å². The summed E-state index contributed by atoms with van der Waals surface area (Å²) in [6.07, 6.45) is 0. The zero-order valence-corrected chi connectivity index (χ0v) is 14.8. The van der Waals surface area contributed by atoms with E-state index in [4.69, 9.17) is 32.9 Å². The zero-order valence-electron chi connectivity index (χ0n) is 13.3. The van der Waals surface area contributed by atoms with E-state index >= 15 is 0 Å². The molecule has 2 aliphatic rings. The van der Waals surface area contributed by atoms with Gasteiger partial charge in [0.2, 0.25) is 0 Å². The molecule has 124 valence electrons. The van der Waals surface area contributed by atoms with Crippen LogP contribution in [-0.4, -0.2) is 48.9 Å². The van der Waals surface area contributed by atoms with Crippen LogP contribution in [0, 0.1) is 0 Å². The fraction of sp³-hybridized carbons (Fsp3) is 0.278. The number of amidine groups is 1. The number of nitrogens with zero attached hydrogens (tertiary/aromatic N) is 3. The fourth-order valence-corrected chi connectivity index (χ4v) is 3.38. The van der Waals surface area contributed by atoms with Crippen molar-refractivity contribution in [2.24, 2.45) is 4.99 Å². The Morgan fingerprint density at radius 3 is 2.62 bits per heavy atom. The SMILES string of the molecule is CN1CCN(C2=Nc3cc(Cl)ccc3Oc3c(Cl)cccc32)CC1. The second kappa shape index (κ2) is 6.28. The number of rotatable bonds is 0. The van der Waals surface area contributed by atoms with Crippen LogP contribution in [0.15, 0.2) is 41.4 Å². The van der Waals surface area contributed by atoms with Gasteiger partial charge in [0, 0.05) is 31.2 Å². The number of aliphatic imine (C=N–C) groups is 1. The average molecular weight is 362 g/mol. The van der Waals surface area contributed by atoms with Crippen LogP contribution >= 0.6 is 23.2 Å². The lowest BCUT2D eigenvalue weighted by molar-refractivity contribution is 0.215. The summed E-state index contributed by atoms with van der Waals surface area (Å²) < 4.78 is 6.09. The average Bonchev–Trinajstić information content (AvgIpc) is 2.73. The summed E-state index contributed by atoms with van der Waals surface area (Å²) in [4.78, 5) is 9.49. The fourth-order valence-electron chi connectivity index (χ4n) is 3.00.